The van der Waals surface area contributed by atoms with Crippen LogP contribution in [0.25, 0.3) is 0 Å². The molecule has 2 saturated carbocycles. The van der Waals surface area contributed by atoms with Crippen LogP contribution in [-0.4, -0.2) is 70.4 Å². The summed E-state index contributed by atoms with van der Waals surface area (Å²) in [6, 6.07) is -0.591. The zero-order chi connectivity index (χ0) is 27.2. The second kappa shape index (κ2) is 13.7. The van der Waals surface area contributed by atoms with E-state index < -0.39 is 6.10 Å². The topological polar surface area (TPSA) is 102 Å². The third-order valence-corrected chi connectivity index (χ3v) is 9.38. The van der Waals surface area contributed by atoms with Crippen LogP contribution in [0.15, 0.2) is 0 Å². The number of nitrogens with zero attached hydrogens (tertiary/aromatic N) is 1. The Kier molecular flexibility index (Phi) is 11.3. The van der Waals surface area contributed by atoms with E-state index in [1.165, 1.54) is 44.9 Å². The van der Waals surface area contributed by atoms with E-state index in [4.69, 9.17) is 0 Å². The van der Waals surface area contributed by atoms with Crippen LogP contribution in [0.5, 0.6) is 0 Å². The van der Waals surface area contributed by atoms with Crippen LogP contribution in [0.4, 0.5) is 0 Å². The van der Waals surface area contributed by atoms with Gasteiger partial charge in [-0.25, -0.2) is 0 Å². The van der Waals surface area contributed by atoms with Crippen LogP contribution in [0.2, 0.25) is 0 Å². The maximum absolute atomic E-state index is 13.4. The van der Waals surface area contributed by atoms with Crippen molar-refractivity contribution in [2.45, 2.75) is 129 Å². The molecule has 3 fully saturated rings. The van der Waals surface area contributed by atoms with Gasteiger partial charge in [-0.1, -0.05) is 65.2 Å². The second-order valence-corrected chi connectivity index (χ2v) is 13.6. The Morgan fingerprint density at radius 2 is 1.59 bits per heavy atom. The number of amides is 2. The Labute approximate surface area is 225 Å². The molecule has 7 atom stereocenters. The van der Waals surface area contributed by atoms with Crippen molar-refractivity contribution in [1.29, 1.82) is 0 Å². The van der Waals surface area contributed by atoms with Crippen molar-refractivity contribution in [1.82, 2.24) is 15.5 Å². The molecule has 1 aliphatic heterocycles. The van der Waals surface area contributed by atoms with Gasteiger partial charge in [0.15, 0.2) is 0 Å². The van der Waals surface area contributed by atoms with E-state index in [1.54, 1.807) is 0 Å². The molecule has 0 radical (unpaired) electrons. The average Bonchev–Trinajstić information content (AvgIpc) is 2.86. The fraction of sp³-hybridized carbons (Fsp3) is 0.933. The highest BCUT2D eigenvalue weighted by Crippen LogP contribution is 2.39. The van der Waals surface area contributed by atoms with Crippen LogP contribution < -0.4 is 10.6 Å². The molecule has 0 spiro atoms. The number of rotatable bonds is 10. The van der Waals surface area contributed by atoms with Gasteiger partial charge in [0.2, 0.25) is 11.8 Å². The Hall–Kier alpha value is -1.18. The van der Waals surface area contributed by atoms with E-state index in [2.05, 4.69) is 15.5 Å². The summed E-state index contributed by atoms with van der Waals surface area (Å²) in [5.41, 5.74) is -0.304. The van der Waals surface area contributed by atoms with Crippen molar-refractivity contribution < 1.29 is 19.8 Å². The van der Waals surface area contributed by atoms with Gasteiger partial charge in [-0.15, -0.1) is 0 Å². The summed E-state index contributed by atoms with van der Waals surface area (Å²) >= 11 is 0. The van der Waals surface area contributed by atoms with Crippen molar-refractivity contribution in [3.63, 3.8) is 0 Å². The van der Waals surface area contributed by atoms with Crippen molar-refractivity contribution in [3.8, 4) is 0 Å². The minimum atomic E-state index is -0.743. The zero-order valence-corrected chi connectivity index (χ0v) is 24.2. The van der Waals surface area contributed by atoms with Gasteiger partial charge in [-0.05, 0) is 63.7 Å². The second-order valence-electron chi connectivity index (χ2n) is 13.6. The quantitative estimate of drug-likeness (QED) is 0.350. The summed E-state index contributed by atoms with van der Waals surface area (Å²) in [6.07, 6.45) is 11.7. The van der Waals surface area contributed by atoms with Crippen LogP contribution in [-0.2, 0) is 9.59 Å². The molecule has 0 bridgehead atoms. The lowest BCUT2D eigenvalue weighted by Gasteiger charge is -2.47. The highest BCUT2D eigenvalue weighted by Gasteiger charge is 2.42. The monoisotopic (exact) mass is 521 g/mol. The summed E-state index contributed by atoms with van der Waals surface area (Å²) in [4.78, 5) is 28.7. The van der Waals surface area contributed by atoms with Crippen molar-refractivity contribution in [2.24, 2.45) is 29.6 Å². The van der Waals surface area contributed by atoms with Gasteiger partial charge in [0, 0.05) is 31.2 Å². The molecule has 214 valence electrons. The highest BCUT2D eigenvalue weighted by molar-refractivity contribution is 5.82. The summed E-state index contributed by atoms with van der Waals surface area (Å²) in [7, 11) is 0. The SMILES string of the molecule is CC(CO)C(C)C(=O)N[C@@H](CC1CCCCC1)[C@H](O)CN1C[C@H]2CCCC[C@H]2C[C@H]1C(=O)NC(C)(C)C. The van der Waals surface area contributed by atoms with Gasteiger partial charge < -0.3 is 20.8 Å². The average molecular weight is 522 g/mol. The molecule has 1 heterocycles. The van der Waals surface area contributed by atoms with Crippen molar-refractivity contribution >= 4 is 11.8 Å². The number of piperidine rings is 1. The lowest BCUT2D eigenvalue weighted by Crippen LogP contribution is -2.60. The molecule has 2 unspecified atom stereocenters. The molecule has 2 aliphatic carbocycles. The third-order valence-electron chi connectivity index (χ3n) is 9.38. The minimum absolute atomic E-state index is 0.0364. The normalized spacial score (nSPS) is 29.0. The first-order chi connectivity index (χ1) is 17.5. The highest BCUT2D eigenvalue weighted by atomic mass is 16.3. The first-order valence-corrected chi connectivity index (χ1v) is 15.1. The molecular formula is C30H55N3O4. The van der Waals surface area contributed by atoms with E-state index >= 15 is 0 Å². The molecule has 0 aromatic rings. The largest absolute Gasteiger partial charge is 0.396 e. The third kappa shape index (κ3) is 8.93. The number of aliphatic hydroxyl groups is 2. The molecule has 0 aromatic heterocycles. The number of hydrogen-bond donors (Lipinski definition) is 4. The molecule has 7 heteroatoms. The van der Waals surface area contributed by atoms with Gasteiger partial charge in [0.1, 0.15) is 0 Å². The van der Waals surface area contributed by atoms with E-state index in [1.807, 2.05) is 34.6 Å². The maximum Gasteiger partial charge on any atom is 0.237 e. The fourth-order valence-corrected chi connectivity index (χ4v) is 6.82. The van der Waals surface area contributed by atoms with Crippen LogP contribution >= 0.6 is 0 Å². The summed E-state index contributed by atoms with van der Waals surface area (Å²) in [6.45, 7) is 11.0. The minimum Gasteiger partial charge on any atom is -0.396 e. The molecule has 1 saturated heterocycles. The van der Waals surface area contributed by atoms with Crippen LogP contribution in [0, 0.1) is 29.6 Å². The van der Waals surface area contributed by atoms with Crippen molar-refractivity contribution in [3.05, 3.63) is 0 Å². The molecule has 37 heavy (non-hydrogen) atoms. The number of aliphatic hydroxyl groups excluding tert-OH is 2. The van der Waals surface area contributed by atoms with Crippen LogP contribution in [0.3, 0.4) is 0 Å². The lowest BCUT2D eigenvalue weighted by molar-refractivity contribution is -0.134. The Bertz CT molecular complexity index is 733. The Balaban J connectivity index is 1.75. The predicted molar refractivity (Wildman–Crippen MR) is 148 cm³/mol. The molecule has 2 amide bonds. The van der Waals surface area contributed by atoms with Crippen LogP contribution in [0.1, 0.15) is 105 Å². The smallest absolute Gasteiger partial charge is 0.237 e. The first-order valence-electron chi connectivity index (χ1n) is 15.1. The predicted octanol–water partition coefficient (Wildman–Crippen LogP) is 3.86. The first kappa shape index (κ1) is 30.4. The summed E-state index contributed by atoms with van der Waals surface area (Å²) in [5, 5.41) is 27.5. The number of likely N-dealkylation sites (tertiary alicyclic amines) is 1. The molecule has 3 aliphatic rings. The van der Waals surface area contributed by atoms with Gasteiger partial charge in [-0.3, -0.25) is 14.5 Å². The Morgan fingerprint density at radius 3 is 2.22 bits per heavy atom. The number of carbonyl (C=O) groups is 2. The number of carbonyl (C=O) groups excluding carboxylic acids is 2. The van der Waals surface area contributed by atoms with Gasteiger partial charge in [-0.2, -0.15) is 0 Å². The zero-order valence-electron chi connectivity index (χ0n) is 24.2. The Morgan fingerprint density at radius 1 is 0.973 bits per heavy atom. The molecular weight excluding hydrogens is 466 g/mol. The summed E-state index contributed by atoms with van der Waals surface area (Å²) in [5.74, 6) is 1.16. The van der Waals surface area contributed by atoms with Gasteiger partial charge in [0.05, 0.1) is 18.2 Å². The molecule has 7 nitrogen and oxygen atoms in total. The van der Waals surface area contributed by atoms with E-state index in [-0.39, 0.29) is 47.9 Å². The fourth-order valence-electron chi connectivity index (χ4n) is 6.82. The van der Waals surface area contributed by atoms with E-state index in [0.29, 0.717) is 24.3 Å². The van der Waals surface area contributed by atoms with E-state index in [9.17, 15) is 19.8 Å². The van der Waals surface area contributed by atoms with Gasteiger partial charge >= 0.3 is 0 Å². The standard InChI is InChI=1S/C30H55N3O4/c1-20(19-34)21(2)28(36)31-25(15-22-11-7-6-8-12-22)27(35)18-33-17-24-14-10-9-13-23(24)16-26(33)29(37)32-30(3,4)5/h20-27,34-35H,6-19H2,1-5H3,(H,31,36)(H,32,37)/t20?,21?,23-,24+,25-,26-,27+/m0/s1. The van der Waals surface area contributed by atoms with E-state index in [0.717, 1.165) is 32.2 Å². The number of fused-ring (bicyclic) bond motifs is 1. The maximum atomic E-state index is 13.4. The summed E-state index contributed by atoms with van der Waals surface area (Å²) < 4.78 is 0. The van der Waals surface area contributed by atoms with Gasteiger partial charge in [0.25, 0.3) is 0 Å². The van der Waals surface area contributed by atoms with Crippen molar-refractivity contribution in [2.75, 3.05) is 19.7 Å². The number of nitrogens with one attached hydrogen (secondary N) is 2. The number of hydrogen-bond acceptors (Lipinski definition) is 5. The molecule has 4 N–H and O–H groups in total. The molecule has 0 aromatic carbocycles. The lowest BCUT2D eigenvalue weighted by atomic mass is 9.72. The number of β-amino-alcohol motifs (C(OH)–C–C–N with tert-alkyl or cyclic N) is 1. The molecule has 3 rings (SSSR count).